The van der Waals surface area contributed by atoms with Gasteiger partial charge in [-0.3, -0.25) is 0 Å². The number of aliphatic hydroxyl groups is 1. The van der Waals surface area contributed by atoms with Crippen LogP contribution in [0, 0.1) is 0 Å². The van der Waals surface area contributed by atoms with Crippen molar-refractivity contribution in [3.05, 3.63) is 0 Å². The lowest BCUT2D eigenvalue weighted by Gasteiger charge is -2.01. The highest BCUT2D eigenvalue weighted by atomic mass is 16.6. The summed E-state index contributed by atoms with van der Waals surface area (Å²) in [5.74, 6) is 0. The SMILES string of the molecule is CCCCCC1OC1C(O)CC. The summed E-state index contributed by atoms with van der Waals surface area (Å²) in [6.45, 7) is 4.20. The summed E-state index contributed by atoms with van der Waals surface area (Å²) in [7, 11) is 0. The van der Waals surface area contributed by atoms with E-state index >= 15 is 0 Å². The highest BCUT2D eigenvalue weighted by Crippen LogP contribution is 2.31. The lowest BCUT2D eigenvalue weighted by molar-refractivity contribution is 0.131. The molecule has 0 aliphatic carbocycles. The Kier molecular flexibility index (Phi) is 4.02. The molecule has 1 N–H and O–H groups in total. The third-order valence-corrected chi connectivity index (χ3v) is 2.51. The summed E-state index contributed by atoms with van der Waals surface area (Å²) in [5, 5.41) is 9.40. The first-order chi connectivity index (χ1) is 5.79. The van der Waals surface area contributed by atoms with Crippen LogP contribution in [0.4, 0.5) is 0 Å². The van der Waals surface area contributed by atoms with Crippen molar-refractivity contribution >= 4 is 0 Å². The van der Waals surface area contributed by atoms with Gasteiger partial charge in [0.25, 0.3) is 0 Å². The van der Waals surface area contributed by atoms with E-state index in [9.17, 15) is 5.11 Å². The quantitative estimate of drug-likeness (QED) is 0.491. The van der Waals surface area contributed by atoms with Crippen LogP contribution in [-0.2, 0) is 4.74 Å². The summed E-state index contributed by atoms with van der Waals surface area (Å²) < 4.78 is 5.37. The minimum Gasteiger partial charge on any atom is -0.390 e. The molecule has 0 aromatic heterocycles. The van der Waals surface area contributed by atoms with Gasteiger partial charge < -0.3 is 9.84 Å². The Balaban J connectivity index is 2.00. The largest absolute Gasteiger partial charge is 0.390 e. The Morgan fingerprint density at radius 3 is 2.67 bits per heavy atom. The van der Waals surface area contributed by atoms with Crippen molar-refractivity contribution in [2.75, 3.05) is 0 Å². The zero-order chi connectivity index (χ0) is 8.97. The molecule has 1 heterocycles. The molecule has 12 heavy (non-hydrogen) atoms. The number of epoxide rings is 1. The van der Waals surface area contributed by atoms with Gasteiger partial charge in [0.2, 0.25) is 0 Å². The van der Waals surface area contributed by atoms with Crippen LogP contribution in [-0.4, -0.2) is 23.4 Å². The molecule has 2 nitrogen and oxygen atoms in total. The Labute approximate surface area is 74.9 Å². The van der Waals surface area contributed by atoms with Crippen LogP contribution in [0.5, 0.6) is 0 Å². The van der Waals surface area contributed by atoms with Crippen LogP contribution < -0.4 is 0 Å². The maximum atomic E-state index is 9.40. The van der Waals surface area contributed by atoms with E-state index in [1.807, 2.05) is 6.92 Å². The lowest BCUT2D eigenvalue weighted by Crippen LogP contribution is -2.15. The smallest absolute Gasteiger partial charge is 0.110 e. The molecule has 0 radical (unpaired) electrons. The van der Waals surface area contributed by atoms with Gasteiger partial charge in [-0.25, -0.2) is 0 Å². The van der Waals surface area contributed by atoms with E-state index in [4.69, 9.17) is 4.74 Å². The average Bonchev–Trinajstić information content (AvgIpc) is 2.83. The number of ether oxygens (including phenoxy) is 1. The van der Waals surface area contributed by atoms with Crippen LogP contribution in [0.2, 0.25) is 0 Å². The number of unbranched alkanes of at least 4 members (excludes halogenated alkanes) is 2. The third-order valence-electron chi connectivity index (χ3n) is 2.51. The van der Waals surface area contributed by atoms with Crippen LogP contribution >= 0.6 is 0 Å². The molecule has 0 amide bonds. The molecule has 1 aliphatic heterocycles. The van der Waals surface area contributed by atoms with Gasteiger partial charge in [0.15, 0.2) is 0 Å². The topological polar surface area (TPSA) is 32.8 Å². The first kappa shape index (κ1) is 10.0. The van der Waals surface area contributed by atoms with Crippen molar-refractivity contribution in [2.45, 2.75) is 64.3 Å². The second-order valence-corrected chi connectivity index (χ2v) is 3.61. The van der Waals surface area contributed by atoms with Crippen LogP contribution in [0.25, 0.3) is 0 Å². The van der Waals surface area contributed by atoms with E-state index in [-0.39, 0.29) is 12.2 Å². The Morgan fingerprint density at radius 2 is 2.08 bits per heavy atom. The summed E-state index contributed by atoms with van der Waals surface area (Å²) in [6, 6.07) is 0. The van der Waals surface area contributed by atoms with Crippen LogP contribution in [0.15, 0.2) is 0 Å². The van der Waals surface area contributed by atoms with E-state index in [1.54, 1.807) is 0 Å². The number of hydrogen-bond acceptors (Lipinski definition) is 2. The van der Waals surface area contributed by atoms with Gasteiger partial charge in [0, 0.05) is 0 Å². The van der Waals surface area contributed by atoms with Crippen LogP contribution in [0.3, 0.4) is 0 Å². The van der Waals surface area contributed by atoms with Gasteiger partial charge in [-0.05, 0) is 12.8 Å². The molecule has 0 saturated carbocycles. The average molecular weight is 172 g/mol. The molecule has 1 aliphatic rings. The molecule has 0 aromatic rings. The van der Waals surface area contributed by atoms with Crippen molar-refractivity contribution < 1.29 is 9.84 Å². The molecule has 1 rings (SSSR count). The van der Waals surface area contributed by atoms with Gasteiger partial charge in [-0.15, -0.1) is 0 Å². The second-order valence-electron chi connectivity index (χ2n) is 3.61. The normalized spacial score (nSPS) is 30.2. The summed E-state index contributed by atoms with van der Waals surface area (Å²) in [4.78, 5) is 0. The minimum absolute atomic E-state index is 0.159. The van der Waals surface area contributed by atoms with Gasteiger partial charge in [-0.1, -0.05) is 33.1 Å². The Morgan fingerprint density at radius 1 is 1.33 bits per heavy atom. The first-order valence-electron chi connectivity index (χ1n) is 5.13. The molecule has 0 spiro atoms. The summed E-state index contributed by atoms with van der Waals surface area (Å²) in [5.41, 5.74) is 0. The maximum absolute atomic E-state index is 9.40. The zero-order valence-corrected chi connectivity index (χ0v) is 8.12. The van der Waals surface area contributed by atoms with E-state index in [2.05, 4.69) is 6.92 Å². The van der Waals surface area contributed by atoms with Crippen molar-refractivity contribution in [3.8, 4) is 0 Å². The molecule has 1 fully saturated rings. The van der Waals surface area contributed by atoms with Crippen molar-refractivity contribution in [3.63, 3.8) is 0 Å². The molecule has 3 atom stereocenters. The highest BCUT2D eigenvalue weighted by molar-refractivity contribution is 4.89. The highest BCUT2D eigenvalue weighted by Gasteiger charge is 2.42. The predicted molar refractivity (Wildman–Crippen MR) is 49.1 cm³/mol. The van der Waals surface area contributed by atoms with Crippen molar-refractivity contribution in [2.24, 2.45) is 0 Å². The van der Waals surface area contributed by atoms with Crippen LogP contribution in [0.1, 0.15) is 46.0 Å². The molecule has 2 heteroatoms. The fourth-order valence-electron chi connectivity index (χ4n) is 1.56. The van der Waals surface area contributed by atoms with E-state index in [0.29, 0.717) is 6.10 Å². The monoisotopic (exact) mass is 172 g/mol. The van der Waals surface area contributed by atoms with E-state index in [1.165, 1.54) is 19.3 Å². The van der Waals surface area contributed by atoms with Crippen molar-refractivity contribution in [1.29, 1.82) is 0 Å². The van der Waals surface area contributed by atoms with Crippen molar-refractivity contribution in [1.82, 2.24) is 0 Å². The molecular formula is C10H20O2. The molecule has 0 aromatic carbocycles. The standard InChI is InChI=1S/C10H20O2/c1-3-5-6-7-9-10(12-9)8(11)4-2/h8-11H,3-7H2,1-2H3. The van der Waals surface area contributed by atoms with E-state index in [0.717, 1.165) is 12.8 Å². The molecular weight excluding hydrogens is 152 g/mol. The van der Waals surface area contributed by atoms with E-state index < -0.39 is 0 Å². The molecule has 0 bridgehead atoms. The van der Waals surface area contributed by atoms with Gasteiger partial charge in [0.05, 0.1) is 12.2 Å². The summed E-state index contributed by atoms with van der Waals surface area (Å²) >= 11 is 0. The fraction of sp³-hybridized carbons (Fsp3) is 1.00. The minimum atomic E-state index is -0.225. The number of hydrogen-bond donors (Lipinski definition) is 1. The number of aliphatic hydroxyl groups excluding tert-OH is 1. The predicted octanol–water partition coefficient (Wildman–Crippen LogP) is 2.10. The van der Waals surface area contributed by atoms with Gasteiger partial charge in [-0.2, -0.15) is 0 Å². The Hall–Kier alpha value is -0.0800. The third kappa shape index (κ3) is 2.76. The maximum Gasteiger partial charge on any atom is 0.110 e. The zero-order valence-electron chi connectivity index (χ0n) is 8.12. The first-order valence-corrected chi connectivity index (χ1v) is 5.13. The lowest BCUT2D eigenvalue weighted by atomic mass is 10.1. The molecule has 72 valence electrons. The Bertz CT molecular complexity index is 125. The molecule has 1 saturated heterocycles. The second kappa shape index (κ2) is 4.83. The van der Waals surface area contributed by atoms with Gasteiger partial charge >= 0.3 is 0 Å². The fourth-order valence-corrected chi connectivity index (χ4v) is 1.56. The molecule has 3 unspecified atom stereocenters. The van der Waals surface area contributed by atoms with Gasteiger partial charge in [0.1, 0.15) is 6.10 Å². The number of rotatable bonds is 6. The summed E-state index contributed by atoms with van der Waals surface area (Å²) in [6.07, 6.45) is 6.04.